The zero-order valence-corrected chi connectivity index (χ0v) is 10.3. The number of benzene rings is 1. The Morgan fingerprint density at radius 3 is 2.54 bits per heavy atom. The molecule has 0 aliphatic rings. The summed E-state index contributed by atoms with van der Waals surface area (Å²) in [5, 5.41) is 1.41. The van der Waals surface area contributed by atoms with Gasteiger partial charge in [-0.05, 0) is 49.4 Å². The van der Waals surface area contributed by atoms with Gasteiger partial charge in [0.05, 0.1) is 0 Å². The van der Waals surface area contributed by atoms with Crippen LogP contribution in [0.15, 0.2) is 16.6 Å². The van der Waals surface area contributed by atoms with Gasteiger partial charge in [0, 0.05) is 14.0 Å². The SMILES string of the molecule is Cc1cc2c(C)c(C)sc2cc1Br. The van der Waals surface area contributed by atoms with Crippen molar-refractivity contribution in [2.24, 2.45) is 0 Å². The van der Waals surface area contributed by atoms with E-state index < -0.39 is 0 Å². The Balaban J connectivity index is 2.89. The van der Waals surface area contributed by atoms with Gasteiger partial charge in [0.1, 0.15) is 0 Å². The molecule has 2 rings (SSSR count). The third-order valence-electron chi connectivity index (χ3n) is 2.46. The first-order chi connectivity index (χ1) is 6.09. The lowest BCUT2D eigenvalue weighted by molar-refractivity contribution is 1.44. The van der Waals surface area contributed by atoms with Gasteiger partial charge >= 0.3 is 0 Å². The molecule has 0 fully saturated rings. The molecule has 0 atom stereocenters. The molecule has 0 aliphatic carbocycles. The summed E-state index contributed by atoms with van der Waals surface area (Å²) >= 11 is 5.43. The number of hydrogen-bond donors (Lipinski definition) is 0. The van der Waals surface area contributed by atoms with Gasteiger partial charge < -0.3 is 0 Å². The highest BCUT2D eigenvalue weighted by Gasteiger charge is 2.06. The summed E-state index contributed by atoms with van der Waals surface area (Å²) in [6, 6.07) is 4.48. The number of hydrogen-bond acceptors (Lipinski definition) is 1. The Morgan fingerprint density at radius 1 is 1.15 bits per heavy atom. The molecule has 13 heavy (non-hydrogen) atoms. The second kappa shape index (κ2) is 3.10. The molecule has 0 unspecified atom stereocenters. The van der Waals surface area contributed by atoms with E-state index in [1.54, 1.807) is 0 Å². The van der Waals surface area contributed by atoms with Crippen molar-refractivity contribution in [1.82, 2.24) is 0 Å². The summed E-state index contributed by atoms with van der Waals surface area (Å²) in [4.78, 5) is 1.42. The highest BCUT2D eigenvalue weighted by atomic mass is 79.9. The molecule has 2 heteroatoms. The molecule has 0 amide bonds. The smallest absolute Gasteiger partial charge is 0.0359 e. The van der Waals surface area contributed by atoms with Gasteiger partial charge in [-0.2, -0.15) is 0 Å². The zero-order chi connectivity index (χ0) is 9.59. The Hall–Kier alpha value is -0.340. The van der Waals surface area contributed by atoms with Crippen molar-refractivity contribution in [3.63, 3.8) is 0 Å². The highest BCUT2D eigenvalue weighted by molar-refractivity contribution is 9.10. The molecule has 0 bridgehead atoms. The van der Waals surface area contributed by atoms with Crippen molar-refractivity contribution in [3.05, 3.63) is 32.6 Å². The molecular weight excluding hydrogens is 244 g/mol. The molecule has 68 valence electrons. The molecule has 0 radical (unpaired) electrons. The first kappa shape index (κ1) is 9.22. The van der Waals surface area contributed by atoms with E-state index >= 15 is 0 Å². The Kier molecular flexibility index (Phi) is 2.20. The average Bonchev–Trinajstić information content (AvgIpc) is 2.32. The van der Waals surface area contributed by atoms with E-state index in [2.05, 4.69) is 48.8 Å². The Morgan fingerprint density at radius 2 is 1.85 bits per heavy atom. The molecule has 0 saturated carbocycles. The molecule has 0 saturated heterocycles. The number of thiophene rings is 1. The normalized spacial score (nSPS) is 11.1. The summed E-state index contributed by atoms with van der Waals surface area (Å²) in [6.45, 7) is 6.51. The molecular formula is C11H11BrS. The van der Waals surface area contributed by atoms with Gasteiger partial charge in [-0.3, -0.25) is 0 Å². The van der Waals surface area contributed by atoms with E-state index in [1.807, 2.05) is 11.3 Å². The van der Waals surface area contributed by atoms with Crippen LogP contribution in [0, 0.1) is 20.8 Å². The van der Waals surface area contributed by atoms with Gasteiger partial charge in [0.15, 0.2) is 0 Å². The van der Waals surface area contributed by atoms with E-state index in [9.17, 15) is 0 Å². The van der Waals surface area contributed by atoms with Crippen molar-refractivity contribution in [3.8, 4) is 0 Å². The molecule has 0 aliphatic heterocycles. The number of rotatable bonds is 0. The van der Waals surface area contributed by atoms with E-state index in [-0.39, 0.29) is 0 Å². The second-order valence-electron chi connectivity index (χ2n) is 3.38. The van der Waals surface area contributed by atoms with E-state index in [1.165, 1.54) is 30.6 Å². The zero-order valence-electron chi connectivity index (χ0n) is 7.94. The van der Waals surface area contributed by atoms with Crippen molar-refractivity contribution in [2.75, 3.05) is 0 Å². The lowest BCUT2D eigenvalue weighted by atomic mass is 10.1. The fourth-order valence-electron chi connectivity index (χ4n) is 1.47. The summed E-state index contributed by atoms with van der Waals surface area (Å²) in [5.74, 6) is 0. The standard InChI is InChI=1S/C11H11BrS/c1-6-4-9-7(2)8(3)13-11(9)5-10(6)12/h4-5H,1-3H3. The van der Waals surface area contributed by atoms with Crippen LogP contribution in [0.5, 0.6) is 0 Å². The summed E-state index contributed by atoms with van der Waals surface area (Å²) in [5.41, 5.74) is 2.74. The molecule has 0 nitrogen and oxygen atoms in total. The van der Waals surface area contributed by atoms with E-state index in [0.717, 1.165) is 0 Å². The highest BCUT2D eigenvalue weighted by Crippen LogP contribution is 2.33. The average molecular weight is 255 g/mol. The molecule has 0 spiro atoms. The minimum Gasteiger partial charge on any atom is -0.140 e. The van der Waals surface area contributed by atoms with Gasteiger partial charge in [-0.25, -0.2) is 0 Å². The lowest BCUT2D eigenvalue weighted by Gasteiger charge is -1.98. The molecule has 1 aromatic heterocycles. The van der Waals surface area contributed by atoms with Gasteiger partial charge in [0.2, 0.25) is 0 Å². The van der Waals surface area contributed by atoms with Crippen molar-refractivity contribution in [2.45, 2.75) is 20.8 Å². The van der Waals surface area contributed by atoms with Crippen LogP contribution < -0.4 is 0 Å². The topological polar surface area (TPSA) is 0 Å². The molecule has 1 aromatic carbocycles. The predicted octanol–water partition coefficient (Wildman–Crippen LogP) is 4.59. The summed E-state index contributed by atoms with van der Waals surface area (Å²) in [6.07, 6.45) is 0. The first-order valence-corrected chi connectivity index (χ1v) is 5.86. The molecule has 0 N–H and O–H groups in total. The van der Waals surface area contributed by atoms with Crippen molar-refractivity contribution in [1.29, 1.82) is 0 Å². The van der Waals surface area contributed by atoms with E-state index in [4.69, 9.17) is 0 Å². The van der Waals surface area contributed by atoms with Gasteiger partial charge in [-0.1, -0.05) is 15.9 Å². The number of halogens is 1. The minimum atomic E-state index is 1.21. The van der Waals surface area contributed by atoms with Crippen LogP contribution in [0.2, 0.25) is 0 Å². The van der Waals surface area contributed by atoms with Crippen LogP contribution in [0.3, 0.4) is 0 Å². The van der Waals surface area contributed by atoms with Crippen molar-refractivity contribution < 1.29 is 0 Å². The van der Waals surface area contributed by atoms with Gasteiger partial charge in [-0.15, -0.1) is 11.3 Å². The third kappa shape index (κ3) is 1.42. The fraction of sp³-hybridized carbons (Fsp3) is 0.273. The number of fused-ring (bicyclic) bond motifs is 1. The van der Waals surface area contributed by atoms with Crippen LogP contribution in [-0.2, 0) is 0 Å². The quantitative estimate of drug-likeness (QED) is 0.645. The predicted molar refractivity (Wildman–Crippen MR) is 63.7 cm³/mol. The number of aryl methyl sites for hydroxylation is 3. The second-order valence-corrected chi connectivity index (χ2v) is 5.49. The summed E-state index contributed by atoms with van der Waals surface area (Å²) in [7, 11) is 0. The maximum atomic E-state index is 3.56. The maximum Gasteiger partial charge on any atom is 0.0359 e. The van der Waals surface area contributed by atoms with Crippen molar-refractivity contribution >= 4 is 37.4 Å². The lowest BCUT2D eigenvalue weighted by Crippen LogP contribution is -1.76. The van der Waals surface area contributed by atoms with Crippen LogP contribution in [0.4, 0.5) is 0 Å². The molecule has 1 heterocycles. The van der Waals surface area contributed by atoms with Crippen LogP contribution in [0.1, 0.15) is 16.0 Å². The Bertz CT molecular complexity index is 468. The monoisotopic (exact) mass is 254 g/mol. The van der Waals surface area contributed by atoms with E-state index in [0.29, 0.717) is 0 Å². The third-order valence-corrected chi connectivity index (χ3v) is 4.48. The minimum absolute atomic E-state index is 1.21. The van der Waals surface area contributed by atoms with Crippen LogP contribution >= 0.6 is 27.3 Å². The fourth-order valence-corrected chi connectivity index (χ4v) is 3.06. The van der Waals surface area contributed by atoms with Crippen LogP contribution in [0.25, 0.3) is 10.1 Å². The summed E-state index contributed by atoms with van der Waals surface area (Å²) < 4.78 is 2.59. The van der Waals surface area contributed by atoms with Crippen LogP contribution in [-0.4, -0.2) is 0 Å². The van der Waals surface area contributed by atoms with Gasteiger partial charge in [0.25, 0.3) is 0 Å². The Labute approximate surface area is 90.7 Å². The first-order valence-electron chi connectivity index (χ1n) is 4.25. The maximum absolute atomic E-state index is 3.56. The largest absolute Gasteiger partial charge is 0.140 e. The molecule has 2 aromatic rings.